The van der Waals surface area contributed by atoms with Gasteiger partial charge in [0.2, 0.25) is 0 Å². The van der Waals surface area contributed by atoms with Gasteiger partial charge in [-0.25, -0.2) is 17.8 Å². The highest BCUT2D eigenvalue weighted by Crippen LogP contribution is 2.41. The monoisotopic (exact) mass is 607 g/mol. The van der Waals surface area contributed by atoms with Crippen molar-refractivity contribution in [3.05, 3.63) is 71.9 Å². The first kappa shape index (κ1) is 29.6. The molecule has 1 aliphatic heterocycles. The molecular formula is C34H40FN2O5S+. The third kappa shape index (κ3) is 6.02. The molecule has 4 aromatic rings. The van der Waals surface area contributed by atoms with Gasteiger partial charge in [-0.3, -0.25) is 0 Å². The lowest BCUT2D eigenvalue weighted by Crippen LogP contribution is -3.12. The summed E-state index contributed by atoms with van der Waals surface area (Å²) in [5, 5.41) is 0. The van der Waals surface area contributed by atoms with Crippen LogP contribution < -0.4 is 14.4 Å². The summed E-state index contributed by atoms with van der Waals surface area (Å²) in [6.07, 6.45) is 4.22. The van der Waals surface area contributed by atoms with Crippen molar-refractivity contribution in [1.82, 2.24) is 4.98 Å². The van der Waals surface area contributed by atoms with E-state index in [4.69, 9.17) is 18.9 Å². The molecule has 2 heterocycles. The summed E-state index contributed by atoms with van der Waals surface area (Å²) >= 11 is 0. The second kappa shape index (κ2) is 12.3. The number of halogens is 1. The van der Waals surface area contributed by atoms with E-state index in [0.717, 1.165) is 61.4 Å². The van der Waals surface area contributed by atoms with Crippen LogP contribution in [0.1, 0.15) is 51.5 Å². The SMILES string of the molecule is CCOc1cc(C[NH+]2CC[C@H]3C(Cc4nc5cc(S(=O)(=O)CC)ccc5o4)CC[C@H]32)cc(OCC)c1-c1ccc(F)cc1. The predicted molar refractivity (Wildman–Crippen MR) is 164 cm³/mol. The third-order valence-electron chi connectivity index (χ3n) is 9.16. The van der Waals surface area contributed by atoms with Gasteiger partial charge in [-0.15, -0.1) is 0 Å². The summed E-state index contributed by atoms with van der Waals surface area (Å²) in [5.41, 5.74) is 4.15. The van der Waals surface area contributed by atoms with Crippen LogP contribution in [0, 0.1) is 17.7 Å². The molecule has 2 aliphatic rings. The van der Waals surface area contributed by atoms with Gasteiger partial charge in [0.15, 0.2) is 21.3 Å². The molecule has 1 saturated heterocycles. The zero-order valence-corrected chi connectivity index (χ0v) is 25.9. The van der Waals surface area contributed by atoms with Gasteiger partial charge in [0.1, 0.15) is 29.4 Å². The minimum Gasteiger partial charge on any atom is -0.493 e. The van der Waals surface area contributed by atoms with Crippen LogP contribution in [0.25, 0.3) is 22.2 Å². The van der Waals surface area contributed by atoms with E-state index < -0.39 is 9.84 Å². The number of ether oxygens (including phenoxy) is 2. The topological polar surface area (TPSA) is 83.1 Å². The highest BCUT2D eigenvalue weighted by atomic mass is 32.2. The number of fused-ring (bicyclic) bond motifs is 2. The summed E-state index contributed by atoms with van der Waals surface area (Å²) in [4.78, 5) is 6.57. The Labute approximate surface area is 252 Å². The van der Waals surface area contributed by atoms with Crippen molar-refractivity contribution in [3.8, 4) is 22.6 Å². The maximum Gasteiger partial charge on any atom is 0.195 e. The van der Waals surface area contributed by atoms with E-state index in [1.807, 2.05) is 13.8 Å². The third-order valence-corrected chi connectivity index (χ3v) is 10.9. The standard InChI is InChI=1S/C34H39FN2O5S/c1-4-40-31-17-22(18-32(41-5-2)34(31)23-7-10-25(35)11-8-23)21-37-16-15-27-24(9-13-29(27)37)19-33-36-28-20-26(43(38,39)6-3)12-14-30(28)42-33/h7-8,10-12,14,17-18,20,24,27,29H,4-6,9,13,15-16,19,21H2,1-3H3/p+1/t24?,27-,29+/m0/s1. The Morgan fingerprint density at radius 3 is 2.35 bits per heavy atom. The lowest BCUT2D eigenvalue weighted by molar-refractivity contribution is -0.927. The van der Waals surface area contributed by atoms with Gasteiger partial charge in [-0.05, 0) is 80.6 Å². The molecule has 0 amide bonds. The number of rotatable bonds is 11. The van der Waals surface area contributed by atoms with E-state index in [2.05, 4.69) is 12.1 Å². The first-order valence-corrected chi connectivity index (χ1v) is 17.1. The second-order valence-electron chi connectivity index (χ2n) is 11.7. The first-order valence-electron chi connectivity index (χ1n) is 15.4. The molecule has 3 aromatic carbocycles. The Bertz CT molecular complexity index is 1670. The maximum atomic E-state index is 13.7. The Morgan fingerprint density at radius 2 is 1.67 bits per heavy atom. The fourth-order valence-corrected chi connectivity index (χ4v) is 8.08. The summed E-state index contributed by atoms with van der Waals surface area (Å²) in [6.45, 7) is 8.63. The zero-order chi connectivity index (χ0) is 30.1. The number of oxazole rings is 1. The quantitative estimate of drug-likeness (QED) is 0.237. The second-order valence-corrected chi connectivity index (χ2v) is 13.9. The number of hydrogen-bond acceptors (Lipinski definition) is 6. The molecule has 1 aromatic heterocycles. The minimum atomic E-state index is -3.29. The number of benzene rings is 3. The molecule has 2 unspecified atom stereocenters. The highest BCUT2D eigenvalue weighted by molar-refractivity contribution is 7.91. The van der Waals surface area contributed by atoms with E-state index in [9.17, 15) is 12.8 Å². The van der Waals surface area contributed by atoms with Gasteiger partial charge >= 0.3 is 0 Å². The lowest BCUT2D eigenvalue weighted by Gasteiger charge is -2.23. The number of sulfone groups is 1. The van der Waals surface area contributed by atoms with Crippen molar-refractivity contribution < 1.29 is 31.6 Å². The number of hydrogen-bond donors (Lipinski definition) is 1. The summed E-state index contributed by atoms with van der Waals surface area (Å²) < 4.78 is 56.6. The van der Waals surface area contributed by atoms with Gasteiger partial charge in [0.25, 0.3) is 0 Å². The molecule has 1 saturated carbocycles. The molecule has 1 N–H and O–H groups in total. The minimum absolute atomic E-state index is 0.0610. The Balaban J connectivity index is 1.19. The molecule has 7 nitrogen and oxygen atoms in total. The predicted octanol–water partition coefficient (Wildman–Crippen LogP) is 5.65. The number of nitrogens with one attached hydrogen (secondary N) is 1. The van der Waals surface area contributed by atoms with Crippen LogP contribution in [-0.2, 0) is 22.8 Å². The van der Waals surface area contributed by atoms with Crippen molar-refractivity contribution in [3.63, 3.8) is 0 Å². The molecule has 6 rings (SSSR count). The molecule has 228 valence electrons. The van der Waals surface area contributed by atoms with Crippen LogP contribution in [0.3, 0.4) is 0 Å². The Morgan fingerprint density at radius 1 is 0.953 bits per heavy atom. The van der Waals surface area contributed by atoms with Gasteiger partial charge < -0.3 is 18.8 Å². The molecule has 0 radical (unpaired) electrons. The molecule has 0 spiro atoms. The van der Waals surface area contributed by atoms with Crippen LogP contribution in [0.15, 0.2) is 63.9 Å². The van der Waals surface area contributed by atoms with Crippen molar-refractivity contribution in [1.29, 1.82) is 0 Å². The fourth-order valence-electron chi connectivity index (χ4n) is 7.18. The average Bonchev–Trinajstić information content (AvgIpc) is 3.70. The summed E-state index contributed by atoms with van der Waals surface area (Å²) in [5.74, 6) is 3.10. The number of likely N-dealkylation sites (tertiary alicyclic amines) is 1. The lowest BCUT2D eigenvalue weighted by atomic mass is 9.90. The largest absolute Gasteiger partial charge is 0.493 e. The van der Waals surface area contributed by atoms with E-state index >= 15 is 0 Å². The average molecular weight is 608 g/mol. The molecule has 1 aliphatic carbocycles. The molecule has 4 atom stereocenters. The molecule has 0 bridgehead atoms. The van der Waals surface area contributed by atoms with Crippen molar-refractivity contribution in [2.45, 2.75) is 63.9 Å². The van der Waals surface area contributed by atoms with E-state index in [1.165, 1.54) is 17.7 Å². The maximum absolute atomic E-state index is 13.7. The van der Waals surface area contributed by atoms with Crippen LogP contribution in [0.2, 0.25) is 0 Å². The molecule has 9 heteroatoms. The van der Waals surface area contributed by atoms with Gasteiger partial charge in [0.05, 0.1) is 42.0 Å². The highest BCUT2D eigenvalue weighted by Gasteiger charge is 2.47. The Hall–Kier alpha value is -3.43. The van der Waals surface area contributed by atoms with Crippen molar-refractivity contribution in [2.24, 2.45) is 11.8 Å². The fraction of sp³-hybridized carbons (Fsp3) is 0.441. The van der Waals surface area contributed by atoms with E-state index in [-0.39, 0.29) is 11.6 Å². The zero-order valence-electron chi connectivity index (χ0n) is 25.1. The molecular weight excluding hydrogens is 567 g/mol. The molecule has 43 heavy (non-hydrogen) atoms. The Kier molecular flexibility index (Phi) is 8.47. The van der Waals surface area contributed by atoms with Crippen LogP contribution in [0.5, 0.6) is 11.5 Å². The first-order chi connectivity index (χ1) is 20.8. The number of quaternary nitrogens is 1. The normalized spacial score (nSPS) is 21.8. The van der Waals surface area contributed by atoms with Gasteiger partial charge in [-0.2, -0.15) is 0 Å². The van der Waals surface area contributed by atoms with Crippen LogP contribution in [-0.4, -0.2) is 45.0 Å². The summed E-state index contributed by atoms with van der Waals surface area (Å²) in [6, 6.07) is 16.3. The van der Waals surface area contributed by atoms with E-state index in [0.29, 0.717) is 53.0 Å². The molecule has 2 fully saturated rings. The van der Waals surface area contributed by atoms with Crippen molar-refractivity contribution >= 4 is 20.9 Å². The summed E-state index contributed by atoms with van der Waals surface area (Å²) in [7, 11) is -3.29. The number of nitrogens with zero attached hydrogens (tertiary/aromatic N) is 1. The van der Waals surface area contributed by atoms with Gasteiger partial charge in [0, 0.05) is 24.3 Å². The smallest absolute Gasteiger partial charge is 0.195 e. The van der Waals surface area contributed by atoms with E-state index in [1.54, 1.807) is 42.2 Å². The van der Waals surface area contributed by atoms with Crippen molar-refractivity contribution in [2.75, 3.05) is 25.5 Å². The van der Waals surface area contributed by atoms with Gasteiger partial charge in [-0.1, -0.05) is 19.1 Å². The van der Waals surface area contributed by atoms with Crippen LogP contribution >= 0.6 is 0 Å². The number of aromatic nitrogens is 1. The van der Waals surface area contributed by atoms with Crippen LogP contribution in [0.4, 0.5) is 4.39 Å².